The van der Waals surface area contributed by atoms with E-state index in [0.717, 1.165) is 49.5 Å². The maximum atomic E-state index is 12.8. The van der Waals surface area contributed by atoms with E-state index in [0.29, 0.717) is 18.7 Å². The Hall–Kier alpha value is -3.42. The molecule has 1 unspecified atom stereocenters. The number of benzene rings is 1. The van der Waals surface area contributed by atoms with E-state index >= 15 is 0 Å². The van der Waals surface area contributed by atoms with Gasteiger partial charge in [-0.15, -0.1) is 10.2 Å². The van der Waals surface area contributed by atoms with Crippen LogP contribution >= 0.6 is 0 Å². The molecular formula is C23H25N5O3. The second kappa shape index (κ2) is 8.37. The lowest BCUT2D eigenvalue weighted by Gasteiger charge is -2.32. The molecule has 4 heterocycles. The highest BCUT2D eigenvalue weighted by molar-refractivity contribution is 5.95. The van der Waals surface area contributed by atoms with Gasteiger partial charge in [-0.25, -0.2) is 0 Å². The SMILES string of the molecule is O=C(COc1ccc(N2CCCC2=O)cc1)N1CCCC(c2nnc3ccccn23)C1. The number of carbonyl (C=O) groups excluding carboxylic acids is 2. The molecule has 2 saturated heterocycles. The van der Waals surface area contributed by atoms with Crippen molar-refractivity contribution in [3.05, 3.63) is 54.5 Å². The van der Waals surface area contributed by atoms with Gasteiger partial charge in [-0.05, 0) is 55.7 Å². The molecule has 2 aliphatic heterocycles. The van der Waals surface area contributed by atoms with Gasteiger partial charge in [0.05, 0.1) is 0 Å². The number of hydrogen-bond acceptors (Lipinski definition) is 5. The summed E-state index contributed by atoms with van der Waals surface area (Å²) in [4.78, 5) is 28.3. The number of rotatable bonds is 5. The zero-order valence-corrected chi connectivity index (χ0v) is 17.3. The monoisotopic (exact) mass is 419 g/mol. The minimum absolute atomic E-state index is 0.00467. The van der Waals surface area contributed by atoms with Gasteiger partial charge in [0.15, 0.2) is 12.3 Å². The predicted molar refractivity (Wildman–Crippen MR) is 115 cm³/mol. The highest BCUT2D eigenvalue weighted by Crippen LogP contribution is 2.27. The Kier molecular flexibility index (Phi) is 5.28. The van der Waals surface area contributed by atoms with Gasteiger partial charge in [0.25, 0.3) is 5.91 Å². The van der Waals surface area contributed by atoms with Crippen LogP contribution in [0.4, 0.5) is 5.69 Å². The van der Waals surface area contributed by atoms with Gasteiger partial charge in [0.2, 0.25) is 5.91 Å². The Morgan fingerprint density at radius 3 is 2.74 bits per heavy atom. The summed E-state index contributed by atoms with van der Waals surface area (Å²) < 4.78 is 7.74. The van der Waals surface area contributed by atoms with Gasteiger partial charge >= 0.3 is 0 Å². The van der Waals surface area contributed by atoms with E-state index < -0.39 is 0 Å². The van der Waals surface area contributed by atoms with Crippen LogP contribution in [0, 0.1) is 0 Å². The van der Waals surface area contributed by atoms with Crippen LogP contribution in [0.15, 0.2) is 48.7 Å². The fraction of sp³-hybridized carbons (Fsp3) is 0.391. The Labute approximate surface area is 180 Å². The molecule has 0 N–H and O–H groups in total. The summed E-state index contributed by atoms with van der Waals surface area (Å²) in [6.07, 6.45) is 5.38. The van der Waals surface area contributed by atoms with Crippen molar-refractivity contribution in [1.82, 2.24) is 19.5 Å². The predicted octanol–water partition coefficient (Wildman–Crippen LogP) is 2.64. The third kappa shape index (κ3) is 3.97. The van der Waals surface area contributed by atoms with Crippen molar-refractivity contribution >= 4 is 23.1 Å². The van der Waals surface area contributed by atoms with Crippen LogP contribution < -0.4 is 9.64 Å². The standard InChI is InChI=1S/C23H25N5O3/c29-21-7-4-14-27(21)18-8-10-19(11-9-18)31-16-22(30)26-12-3-5-17(15-26)23-25-24-20-6-1-2-13-28(20)23/h1-2,6,8-11,13,17H,3-5,7,12,14-16H2. The normalized spacial score (nSPS) is 19.2. The smallest absolute Gasteiger partial charge is 0.260 e. The van der Waals surface area contributed by atoms with Crippen LogP contribution in [-0.2, 0) is 9.59 Å². The van der Waals surface area contributed by atoms with Crippen LogP contribution in [0.1, 0.15) is 37.4 Å². The lowest BCUT2D eigenvalue weighted by atomic mass is 9.97. The zero-order chi connectivity index (χ0) is 21.2. The van der Waals surface area contributed by atoms with E-state index in [9.17, 15) is 9.59 Å². The first-order valence-corrected chi connectivity index (χ1v) is 10.8. The average Bonchev–Trinajstić information content (AvgIpc) is 3.44. The van der Waals surface area contributed by atoms with E-state index in [1.54, 1.807) is 4.90 Å². The van der Waals surface area contributed by atoms with Crippen LogP contribution in [0.5, 0.6) is 5.75 Å². The third-order valence-electron chi connectivity index (χ3n) is 6.06. The van der Waals surface area contributed by atoms with Crippen molar-refractivity contribution in [2.24, 2.45) is 0 Å². The fourth-order valence-electron chi connectivity index (χ4n) is 4.43. The largest absolute Gasteiger partial charge is 0.484 e. The summed E-state index contributed by atoms with van der Waals surface area (Å²) >= 11 is 0. The first-order chi connectivity index (χ1) is 15.2. The number of pyridine rings is 1. The topological polar surface area (TPSA) is 80.0 Å². The second-order valence-corrected chi connectivity index (χ2v) is 8.10. The number of carbonyl (C=O) groups is 2. The van der Waals surface area contributed by atoms with Crippen LogP contribution in [-0.4, -0.2) is 57.6 Å². The molecule has 2 aliphatic rings. The molecule has 2 aromatic heterocycles. The van der Waals surface area contributed by atoms with Crippen molar-refractivity contribution in [3.8, 4) is 5.75 Å². The fourth-order valence-corrected chi connectivity index (χ4v) is 4.43. The van der Waals surface area contributed by atoms with Gasteiger partial charge in [0.1, 0.15) is 11.6 Å². The summed E-state index contributed by atoms with van der Waals surface area (Å²) in [7, 11) is 0. The molecule has 0 radical (unpaired) electrons. The quantitative estimate of drug-likeness (QED) is 0.635. The summed E-state index contributed by atoms with van der Waals surface area (Å²) in [5, 5.41) is 8.61. The summed E-state index contributed by atoms with van der Waals surface area (Å²) in [5.74, 6) is 1.82. The van der Waals surface area contributed by atoms with E-state index in [2.05, 4.69) is 10.2 Å². The molecular weight excluding hydrogens is 394 g/mol. The van der Waals surface area contributed by atoms with Crippen molar-refractivity contribution < 1.29 is 14.3 Å². The molecule has 1 aromatic carbocycles. The number of fused-ring (bicyclic) bond motifs is 1. The van der Waals surface area contributed by atoms with Crippen LogP contribution in [0.25, 0.3) is 5.65 Å². The molecule has 8 nitrogen and oxygen atoms in total. The highest BCUT2D eigenvalue weighted by Gasteiger charge is 2.28. The molecule has 0 spiro atoms. The van der Waals surface area contributed by atoms with Gasteiger partial charge in [-0.3, -0.25) is 14.0 Å². The van der Waals surface area contributed by atoms with Crippen molar-refractivity contribution in [3.63, 3.8) is 0 Å². The van der Waals surface area contributed by atoms with Crippen LogP contribution in [0.2, 0.25) is 0 Å². The molecule has 5 rings (SSSR count). The zero-order valence-electron chi connectivity index (χ0n) is 17.3. The Balaban J connectivity index is 1.19. The Morgan fingerprint density at radius 2 is 1.94 bits per heavy atom. The maximum Gasteiger partial charge on any atom is 0.260 e. The second-order valence-electron chi connectivity index (χ2n) is 8.10. The number of piperidine rings is 1. The minimum atomic E-state index is -0.0303. The van der Waals surface area contributed by atoms with Gasteiger partial charge in [0, 0.05) is 43.9 Å². The number of amides is 2. The lowest BCUT2D eigenvalue weighted by molar-refractivity contribution is -0.134. The van der Waals surface area contributed by atoms with E-state index in [4.69, 9.17) is 4.74 Å². The van der Waals surface area contributed by atoms with Gasteiger partial charge in [-0.2, -0.15) is 0 Å². The molecule has 3 aromatic rings. The molecule has 0 saturated carbocycles. The third-order valence-corrected chi connectivity index (χ3v) is 6.06. The van der Waals surface area contributed by atoms with Crippen LogP contribution in [0.3, 0.4) is 0 Å². The van der Waals surface area contributed by atoms with Gasteiger partial charge < -0.3 is 14.5 Å². The number of nitrogens with zero attached hydrogens (tertiary/aromatic N) is 5. The van der Waals surface area contributed by atoms with Crippen molar-refractivity contribution in [1.29, 1.82) is 0 Å². The molecule has 2 fully saturated rings. The molecule has 160 valence electrons. The molecule has 31 heavy (non-hydrogen) atoms. The first-order valence-electron chi connectivity index (χ1n) is 10.8. The molecule has 0 bridgehead atoms. The number of likely N-dealkylation sites (tertiary alicyclic amines) is 1. The maximum absolute atomic E-state index is 12.8. The molecule has 2 amide bonds. The summed E-state index contributed by atoms with van der Waals surface area (Å²) in [6.45, 7) is 2.10. The van der Waals surface area contributed by atoms with E-state index in [1.165, 1.54) is 0 Å². The Morgan fingerprint density at radius 1 is 1.06 bits per heavy atom. The molecule has 1 atom stereocenters. The lowest BCUT2D eigenvalue weighted by Crippen LogP contribution is -2.42. The number of aromatic nitrogens is 3. The van der Waals surface area contributed by atoms with Crippen molar-refractivity contribution in [2.75, 3.05) is 31.1 Å². The number of hydrogen-bond donors (Lipinski definition) is 0. The first kappa shape index (κ1) is 19.5. The van der Waals surface area contributed by atoms with Crippen molar-refractivity contribution in [2.45, 2.75) is 31.6 Å². The molecule has 8 heteroatoms. The summed E-state index contributed by atoms with van der Waals surface area (Å²) in [5.41, 5.74) is 1.70. The Bertz CT molecular complexity index is 1090. The molecule has 0 aliphatic carbocycles. The number of anilines is 1. The van der Waals surface area contributed by atoms with Gasteiger partial charge in [-0.1, -0.05) is 6.07 Å². The summed E-state index contributed by atoms with van der Waals surface area (Å²) in [6, 6.07) is 13.2. The highest BCUT2D eigenvalue weighted by atomic mass is 16.5. The average molecular weight is 419 g/mol. The number of ether oxygens (including phenoxy) is 1. The van der Waals surface area contributed by atoms with E-state index in [1.807, 2.05) is 58.0 Å². The van der Waals surface area contributed by atoms with E-state index in [-0.39, 0.29) is 24.3 Å². The minimum Gasteiger partial charge on any atom is -0.484 e.